The maximum Gasteiger partial charge on any atom is 1.00 e. The van der Waals surface area contributed by atoms with Crippen LogP contribution in [0.4, 0.5) is 48.4 Å². The van der Waals surface area contributed by atoms with Crippen molar-refractivity contribution in [3.63, 3.8) is 0 Å². The number of aliphatic hydroxyl groups is 3. The molecule has 4 aliphatic rings. The van der Waals surface area contributed by atoms with Crippen LogP contribution in [-0.4, -0.2) is 187 Å². The largest absolute Gasteiger partial charge is 1.00 e. The molecule has 4 fully saturated rings. The Hall–Kier alpha value is -3.92. The van der Waals surface area contributed by atoms with E-state index in [0.717, 1.165) is 74.0 Å². The number of esters is 2. The third kappa shape index (κ3) is 49.5. The summed E-state index contributed by atoms with van der Waals surface area (Å²) in [6, 6.07) is 61.2. The fourth-order valence-electron chi connectivity index (χ4n) is 11.6. The van der Waals surface area contributed by atoms with Crippen LogP contribution < -0.4 is 108 Å². The summed E-state index contributed by atoms with van der Waals surface area (Å²) in [5.74, 6) is -0.889. The maximum absolute atomic E-state index is 14.8. The molecule has 12 rings (SSSR count). The van der Waals surface area contributed by atoms with Crippen LogP contribution in [0, 0.1) is 18.9 Å². The van der Waals surface area contributed by atoms with E-state index in [-0.39, 0.29) is 224 Å². The fourth-order valence-corrected chi connectivity index (χ4v) is 13.9. The summed E-state index contributed by atoms with van der Waals surface area (Å²) < 4.78 is 199. The van der Waals surface area contributed by atoms with Crippen LogP contribution in [-0.2, 0) is 121 Å². The van der Waals surface area contributed by atoms with Gasteiger partial charge in [0.1, 0.15) is 6.61 Å². The molecule has 8 aromatic rings. The summed E-state index contributed by atoms with van der Waals surface area (Å²) in [6.07, 6.45) is 3.42. The second-order valence-corrected chi connectivity index (χ2v) is 36.9. The molecule has 40 heteroatoms. The molecule has 4 heterocycles. The number of alkyl halides is 6. The predicted octanol–water partition coefficient (Wildman–Crippen LogP) is 13.8. The van der Waals surface area contributed by atoms with E-state index in [4.69, 9.17) is 75.7 Å². The first-order valence-corrected chi connectivity index (χ1v) is 45.3. The van der Waals surface area contributed by atoms with Gasteiger partial charge in [0.15, 0.2) is 28.3 Å². The van der Waals surface area contributed by atoms with Crippen molar-refractivity contribution in [2.75, 3.05) is 79.3 Å². The van der Waals surface area contributed by atoms with Gasteiger partial charge in [-0.1, -0.05) is 196 Å². The van der Waals surface area contributed by atoms with Gasteiger partial charge in [-0.25, -0.2) is 31.1 Å². The topological polar surface area (TPSA) is 271 Å². The van der Waals surface area contributed by atoms with E-state index in [1.54, 1.807) is 98.8 Å². The van der Waals surface area contributed by atoms with E-state index in [1.165, 1.54) is 17.7 Å². The van der Waals surface area contributed by atoms with Crippen molar-refractivity contribution in [1.29, 1.82) is 0 Å². The number of hydrogen-bond donors (Lipinski definition) is 3. The summed E-state index contributed by atoms with van der Waals surface area (Å²) in [5, 5.41) is 26.9. The number of carbonyl (C=O) groups excluding carboxylic acids is 6. The van der Waals surface area contributed by atoms with Gasteiger partial charge in [0.2, 0.25) is 5.67 Å². The van der Waals surface area contributed by atoms with Gasteiger partial charge in [0, 0.05) is 63.6 Å². The Labute approximate surface area is 888 Å². The average molecular weight is 2240 g/mol. The average Bonchev–Trinajstić information content (AvgIpc) is 1.37. The molecule has 131 heavy (non-hydrogen) atoms. The SMILES string of the molecule is CC1(C)OB(c2ccc(CC3(F)COC3)cc2)OC1(C)C.CCOC(=O)C(CC)Cc1ccc(Br)cc1.CCOC(=O)C(F)(CC)Cc1ccc(Br)cc1.Cc1ccc(S(=O)(=O)OCC(F)(CO)Cc2ccc(Br)cc2)cc1.FB(F)F.FC1(Cc2cc[c-]cc2)COC1.FC1(Cc2ccc(Br)cc2)COC1.FF.O=C=O.O=C=O.OCC(F)(CO)Cc1ccc(Br)cc1.[H-].[K+].[K+]. The maximum atomic E-state index is 14.8. The third-order valence-electron chi connectivity index (χ3n) is 19.5. The first kappa shape index (κ1) is 127. The van der Waals surface area contributed by atoms with Crippen LogP contribution in [0.1, 0.15) is 114 Å². The third-order valence-corrected chi connectivity index (χ3v) is 23.5. The monoisotopic (exact) mass is 2240 g/mol. The quantitative estimate of drug-likeness (QED) is 0.0135. The minimum absolute atomic E-state index is 0. The van der Waals surface area contributed by atoms with Crippen molar-refractivity contribution in [1.82, 2.24) is 0 Å². The van der Waals surface area contributed by atoms with Crippen LogP contribution in [0.25, 0.3) is 0 Å². The molecule has 0 bridgehead atoms. The van der Waals surface area contributed by atoms with E-state index in [9.17, 15) is 62.4 Å². The molecular formula is C91H106B2Br5F11K2O19S. The Morgan fingerprint density at radius 1 is 0.504 bits per heavy atom. The van der Waals surface area contributed by atoms with E-state index in [2.05, 4.69) is 85.7 Å². The summed E-state index contributed by atoms with van der Waals surface area (Å²) in [5.41, 5.74) is -1.93. The molecule has 3 N–H and O–H groups in total. The van der Waals surface area contributed by atoms with Gasteiger partial charge < -0.3 is 49.7 Å². The van der Waals surface area contributed by atoms with E-state index in [1.807, 2.05) is 146 Å². The second kappa shape index (κ2) is 65.1. The molecule has 710 valence electrons. The van der Waals surface area contributed by atoms with Crippen LogP contribution in [0.3, 0.4) is 0 Å². The fraction of sp³-hybridized carbons (Fsp3) is 0.429. The van der Waals surface area contributed by atoms with Gasteiger partial charge in [-0.3, -0.25) is 21.9 Å². The molecule has 8 aromatic carbocycles. The predicted molar refractivity (Wildman–Crippen MR) is 485 cm³/mol. The smallest absolute Gasteiger partial charge is 1.00 e. The van der Waals surface area contributed by atoms with E-state index >= 15 is 0 Å². The second-order valence-electron chi connectivity index (χ2n) is 30.7. The molecular weight excluding hydrogens is 2140 g/mol. The number of halogens is 16. The molecule has 0 amide bonds. The van der Waals surface area contributed by atoms with Gasteiger partial charge in [-0.05, 0) is 186 Å². The van der Waals surface area contributed by atoms with Crippen molar-refractivity contribution in [3.05, 3.63) is 267 Å². The Balaban J connectivity index is 0. The molecule has 19 nitrogen and oxygen atoms in total. The standard InChI is InChI=1S/C17H18BrFO4S.C16H22BFO3.C13H16BrFO2.C13H17BrO2.C10H12BrFO2.C10H10BrFO.C10H10FO.2CO2.BF3.F2.2K.H/c1-13-2-8-16(9-3-13)24(21,22)23-12-17(19,11-20)10-14-4-6-15(18)7-5-14;1-14(2)15(3,4)21-17(20-14)13-7-5-12(6-8-13)9-16(18)10-19-11-16;1-3-13(15,12(16)17-4-2)9-10-5-7-11(14)8-6-10;1-3-11(13(15)16-4-2)9-10-5-7-12(14)8-6-10;11-9-3-1-8(2-4-9)5-10(12,6-13)7-14;11-9-3-1-8(2-4-9)5-10(12)6-13-7-10;11-10(7-12-8-10)6-9-4-2-1-3-5-9;2*2-1-3;2-1(3)4;1-2;;;/h2-9,20H,10-12H2,1H3;5-8H,9-11H2,1-4H3;5-8H,3-4,9H2,1-2H3;5-8,11H,3-4,9H2,1-2H3;1-4,13-14H,5-7H2;1-4H,5-7H2;2-5H,6-8H2;;;;;;;/q;;;;;;-1;;;;;2*+1;-1. The first-order valence-electron chi connectivity index (χ1n) is 39.9. The minimum atomic E-state index is -4.08. The summed E-state index contributed by atoms with van der Waals surface area (Å²) in [7, 11) is -8.11. The minimum Gasteiger partial charge on any atom is -1.00 e. The summed E-state index contributed by atoms with van der Waals surface area (Å²) in [4.78, 5) is 55.6. The molecule has 4 saturated heterocycles. The van der Waals surface area contributed by atoms with Crippen LogP contribution in [0.2, 0.25) is 0 Å². The first-order chi connectivity index (χ1) is 60.7. The Kier molecular flexibility index (Phi) is 63.1. The van der Waals surface area contributed by atoms with Gasteiger partial charge >= 0.3 is 142 Å². The summed E-state index contributed by atoms with van der Waals surface area (Å²) >= 11 is 16.6. The zero-order chi connectivity index (χ0) is 97.3. The molecule has 0 radical (unpaired) electrons. The molecule has 3 unspecified atom stereocenters. The number of rotatable bonds is 28. The Bertz CT molecular complexity index is 4680. The van der Waals surface area contributed by atoms with Gasteiger partial charge in [0.05, 0.1) is 94.7 Å². The number of aliphatic hydroxyl groups excluding tert-OH is 3. The van der Waals surface area contributed by atoms with Gasteiger partial charge in [0.25, 0.3) is 10.1 Å². The van der Waals surface area contributed by atoms with E-state index < -0.39 is 84.1 Å². The zero-order valence-corrected chi connectivity index (χ0v) is 89.4. The zero-order valence-electron chi connectivity index (χ0n) is 75.4. The van der Waals surface area contributed by atoms with E-state index in [0.29, 0.717) is 31.4 Å². The van der Waals surface area contributed by atoms with Gasteiger partial charge in [-0.2, -0.15) is 63.5 Å². The number of benzene rings is 8. The normalized spacial score (nSPS) is 15.5. The van der Waals surface area contributed by atoms with Crippen molar-refractivity contribution < 1.29 is 242 Å². The van der Waals surface area contributed by atoms with Crippen molar-refractivity contribution in [2.24, 2.45) is 5.92 Å². The van der Waals surface area contributed by atoms with Crippen molar-refractivity contribution >= 4 is 134 Å². The number of aryl methyl sites for hydroxylation is 1. The number of carbonyl (C=O) groups is 2. The molecule has 0 saturated carbocycles. The van der Waals surface area contributed by atoms with Crippen molar-refractivity contribution in [2.45, 2.75) is 170 Å². The number of ether oxygens (including phenoxy) is 5. The molecule has 0 spiro atoms. The molecule has 0 aliphatic carbocycles. The van der Waals surface area contributed by atoms with Crippen molar-refractivity contribution in [3.8, 4) is 0 Å². The van der Waals surface area contributed by atoms with Crippen LogP contribution >= 0.6 is 79.6 Å². The summed E-state index contributed by atoms with van der Waals surface area (Å²) in [6.45, 7) is 16.2. The van der Waals surface area contributed by atoms with Crippen LogP contribution in [0.5, 0.6) is 0 Å². The number of hydrogen-bond acceptors (Lipinski definition) is 19. The Morgan fingerprint density at radius 3 is 1.11 bits per heavy atom. The molecule has 0 aromatic heterocycles. The van der Waals surface area contributed by atoms with Gasteiger partial charge in [-0.15, -0.1) is 0 Å². The van der Waals surface area contributed by atoms with Crippen LogP contribution in [0.15, 0.2) is 221 Å². The molecule has 3 atom stereocenters. The molecule has 4 aliphatic heterocycles. The Morgan fingerprint density at radius 2 is 0.809 bits per heavy atom.